The molecule has 102 valence electrons. The average molecular weight is 283 g/mol. The molecule has 0 amide bonds. The average Bonchev–Trinajstić information content (AvgIpc) is 2.88. The van der Waals surface area contributed by atoms with Crippen LogP contribution in [0.1, 0.15) is 5.76 Å². The highest BCUT2D eigenvalue weighted by Gasteiger charge is 2.18. The Labute approximate surface area is 110 Å². The van der Waals surface area contributed by atoms with E-state index < -0.39 is 10.0 Å². The van der Waals surface area contributed by atoms with Gasteiger partial charge >= 0.3 is 0 Å². The van der Waals surface area contributed by atoms with Gasteiger partial charge in [0.1, 0.15) is 18.1 Å². The highest BCUT2D eigenvalue weighted by atomic mass is 32.2. The number of aliphatic hydroxyl groups is 1. The van der Waals surface area contributed by atoms with Crippen molar-refractivity contribution >= 4 is 15.7 Å². The molecule has 0 atom stereocenters. The Balaban J connectivity index is 2.25. The highest BCUT2D eigenvalue weighted by Crippen LogP contribution is 2.21. The number of aliphatic hydroxyl groups excluding tert-OH is 1. The molecular weight excluding hydrogens is 270 g/mol. The summed E-state index contributed by atoms with van der Waals surface area (Å²) in [5, 5.41) is 8.60. The fourth-order valence-electron chi connectivity index (χ4n) is 1.48. The first-order valence-electron chi connectivity index (χ1n) is 5.41. The molecule has 0 aliphatic heterocycles. The number of nitrogens with one attached hydrogen (secondary N) is 1. The SMILES string of the molecule is COc1cccc(NS(=O)(=O)c2ccc(CO)o2)c1. The molecule has 19 heavy (non-hydrogen) atoms. The van der Waals surface area contributed by atoms with Gasteiger partial charge in [0.2, 0.25) is 5.09 Å². The summed E-state index contributed by atoms with van der Waals surface area (Å²) in [7, 11) is -2.32. The van der Waals surface area contributed by atoms with Crippen LogP contribution in [0.3, 0.4) is 0 Å². The van der Waals surface area contributed by atoms with Crippen LogP contribution in [0.4, 0.5) is 5.69 Å². The summed E-state index contributed by atoms with van der Waals surface area (Å²) in [6.45, 7) is -0.353. The van der Waals surface area contributed by atoms with Crippen LogP contribution in [-0.4, -0.2) is 20.6 Å². The van der Waals surface area contributed by atoms with Crippen LogP contribution < -0.4 is 9.46 Å². The lowest BCUT2D eigenvalue weighted by Crippen LogP contribution is -2.12. The minimum atomic E-state index is -3.81. The number of methoxy groups -OCH3 is 1. The van der Waals surface area contributed by atoms with Crippen LogP contribution in [0.2, 0.25) is 0 Å². The summed E-state index contributed by atoms with van der Waals surface area (Å²) in [6.07, 6.45) is 0. The molecule has 0 unspecified atom stereocenters. The molecule has 1 heterocycles. The zero-order valence-electron chi connectivity index (χ0n) is 10.2. The third-order valence-electron chi connectivity index (χ3n) is 2.38. The molecule has 0 aliphatic carbocycles. The van der Waals surface area contributed by atoms with Gasteiger partial charge < -0.3 is 14.3 Å². The number of furan rings is 1. The number of hydrogen-bond acceptors (Lipinski definition) is 5. The fourth-order valence-corrected chi connectivity index (χ4v) is 2.48. The summed E-state index contributed by atoms with van der Waals surface area (Å²) in [5.74, 6) is 0.724. The number of anilines is 1. The van der Waals surface area contributed by atoms with Gasteiger partial charge in [-0.1, -0.05) is 6.07 Å². The molecule has 2 rings (SSSR count). The summed E-state index contributed by atoms with van der Waals surface area (Å²) in [5.41, 5.74) is 0.362. The largest absolute Gasteiger partial charge is 0.497 e. The molecule has 1 aromatic heterocycles. The molecule has 6 nitrogen and oxygen atoms in total. The van der Waals surface area contributed by atoms with E-state index in [1.54, 1.807) is 24.3 Å². The van der Waals surface area contributed by atoms with E-state index in [0.717, 1.165) is 0 Å². The minimum absolute atomic E-state index is 0.186. The van der Waals surface area contributed by atoms with Crippen LogP contribution in [-0.2, 0) is 16.6 Å². The monoisotopic (exact) mass is 283 g/mol. The van der Waals surface area contributed by atoms with Gasteiger partial charge in [-0.2, -0.15) is 8.42 Å². The van der Waals surface area contributed by atoms with Crippen LogP contribution in [0.5, 0.6) is 5.75 Å². The lowest BCUT2D eigenvalue weighted by Gasteiger charge is -2.07. The molecule has 0 fully saturated rings. The molecular formula is C12H13NO5S. The Morgan fingerprint density at radius 1 is 1.32 bits per heavy atom. The maximum absolute atomic E-state index is 12.0. The molecule has 0 aliphatic rings. The van der Waals surface area contributed by atoms with Crippen LogP contribution in [0.25, 0.3) is 0 Å². The second-order valence-electron chi connectivity index (χ2n) is 3.72. The molecule has 2 aromatic rings. The first-order valence-corrected chi connectivity index (χ1v) is 6.90. The Morgan fingerprint density at radius 2 is 2.11 bits per heavy atom. The van der Waals surface area contributed by atoms with E-state index in [-0.39, 0.29) is 17.5 Å². The minimum Gasteiger partial charge on any atom is -0.497 e. The first-order chi connectivity index (χ1) is 9.05. The predicted molar refractivity (Wildman–Crippen MR) is 68.4 cm³/mol. The normalized spacial score (nSPS) is 11.3. The van der Waals surface area contributed by atoms with Gasteiger partial charge in [0.05, 0.1) is 12.8 Å². The summed E-state index contributed by atoms with van der Waals surface area (Å²) in [6, 6.07) is 9.20. The Bertz CT molecular complexity index is 662. The molecule has 0 radical (unpaired) electrons. The van der Waals surface area contributed by atoms with Crippen molar-refractivity contribution < 1.29 is 22.7 Å². The third-order valence-corrected chi connectivity index (χ3v) is 3.63. The van der Waals surface area contributed by atoms with Gasteiger partial charge in [-0.05, 0) is 24.3 Å². The van der Waals surface area contributed by atoms with Crippen LogP contribution >= 0.6 is 0 Å². The van der Waals surface area contributed by atoms with Crippen molar-refractivity contribution in [3.8, 4) is 5.75 Å². The maximum Gasteiger partial charge on any atom is 0.295 e. The van der Waals surface area contributed by atoms with Crippen molar-refractivity contribution in [2.45, 2.75) is 11.7 Å². The molecule has 2 N–H and O–H groups in total. The van der Waals surface area contributed by atoms with Crippen molar-refractivity contribution in [3.05, 3.63) is 42.2 Å². The topological polar surface area (TPSA) is 88.8 Å². The second kappa shape index (κ2) is 5.33. The van der Waals surface area contributed by atoms with Crippen molar-refractivity contribution in [3.63, 3.8) is 0 Å². The number of hydrogen-bond donors (Lipinski definition) is 2. The lowest BCUT2D eigenvalue weighted by molar-refractivity contribution is 0.236. The van der Waals surface area contributed by atoms with Gasteiger partial charge in [-0.25, -0.2) is 0 Å². The maximum atomic E-state index is 12.0. The quantitative estimate of drug-likeness (QED) is 0.869. The Kier molecular flexibility index (Phi) is 3.77. The summed E-state index contributed by atoms with van der Waals surface area (Å²) < 4.78 is 36.4. The van der Waals surface area contributed by atoms with Crippen molar-refractivity contribution in [1.29, 1.82) is 0 Å². The second-order valence-corrected chi connectivity index (χ2v) is 5.33. The Morgan fingerprint density at radius 3 is 2.74 bits per heavy atom. The predicted octanol–water partition coefficient (Wildman–Crippen LogP) is 1.58. The summed E-state index contributed by atoms with van der Waals surface area (Å²) >= 11 is 0. The van der Waals surface area contributed by atoms with E-state index in [1.165, 1.54) is 19.2 Å². The number of benzene rings is 1. The first kappa shape index (κ1) is 13.4. The van der Waals surface area contributed by atoms with E-state index in [0.29, 0.717) is 11.4 Å². The molecule has 0 saturated carbocycles. The lowest BCUT2D eigenvalue weighted by atomic mass is 10.3. The van der Waals surface area contributed by atoms with Crippen molar-refractivity contribution in [2.24, 2.45) is 0 Å². The Hall–Kier alpha value is -1.99. The van der Waals surface area contributed by atoms with E-state index in [1.807, 2.05) is 0 Å². The number of sulfonamides is 1. The van der Waals surface area contributed by atoms with Crippen LogP contribution in [0.15, 0.2) is 45.9 Å². The molecule has 7 heteroatoms. The van der Waals surface area contributed by atoms with E-state index in [4.69, 9.17) is 14.3 Å². The van der Waals surface area contributed by atoms with Gasteiger partial charge in [-0.15, -0.1) is 0 Å². The molecule has 0 spiro atoms. The van der Waals surface area contributed by atoms with E-state index in [9.17, 15) is 8.42 Å². The third kappa shape index (κ3) is 3.07. The van der Waals surface area contributed by atoms with Gasteiger partial charge in [0.25, 0.3) is 10.0 Å². The van der Waals surface area contributed by atoms with Crippen molar-refractivity contribution in [1.82, 2.24) is 0 Å². The number of rotatable bonds is 5. The summed E-state index contributed by atoms with van der Waals surface area (Å²) in [4.78, 5) is 0. The molecule has 1 aromatic carbocycles. The zero-order valence-corrected chi connectivity index (χ0v) is 11.0. The smallest absolute Gasteiger partial charge is 0.295 e. The van der Waals surface area contributed by atoms with E-state index in [2.05, 4.69) is 4.72 Å². The highest BCUT2D eigenvalue weighted by molar-refractivity contribution is 7.92. The van der Waals surface area contributed by atoms with Gasteiger partial charge in [0.15, 0.2) is 0 Å². The van der Waals surface area contributed by atoms with Crippen molar-refractivity contribution in [2.75, 3.05) is 11.8 Å². The standard InChI is InChI=1S/C12H13NO5S/c1-17-10-4-2-3-9(7-10)13-19(15,16)12-6-5-11(8-14)18-12/h2-7,13-14H,8H2,1H3. The van der Waals surface area contributed by atoms with Gasteiger partial charge in [-0.3, -0.25) is 4.72 Å². The number of ether oxygens (including phenoxy) is 1. The van der Waals surface area contributed by atoms with Gasteiger partial charge in [0, 0.05) is 6.07 Å². The van der Waals surface area contributed by atoms with E-state index >= 15 is 0 Å². The molecule has 0 saturated heterocycles. The molecule has 0 bridgehead atoms. The van der Waals surface area contributed by atoms with Crippen LogP contribution in [0, 0.1) is 0 Å². The zero-order chi connectivity index (χ0) is 13.9. The fraction of sp³-hybridized carbons (Fsp3) is 0.167.